The number of benzene rings is 2. The second-order valence-corrected chi connectivity index (χ2v) is 8.44. The molecule has 0 saturated heterocycles. The third-order valence-corrected chi connectivity index (χ3v) is 5.82. The van der Waals surface area contributed by atoms with Gasteiger partial charge < -0.3 is 4.74 Å². The van der Waals surface area contributed by atoms with Gasteiger partial charge in [-0.2, -0.15) is 18.3 Å². The molecule has 0 aromatic heterocycles. The summed E-state index contributed by atoms with van der Waals surface area (Å²) < 4.78 is 70.9. The lowest BCUT2D eigenvalue weighted by molar-refractivity contribution is -0.0600. The van der Waals surface area contributed by atoms with Crippen molar-refractivity contribution in [3.05, 3.63) is 60.2 Å². The molecule has 0 radical (unpaired) electrons. The summed E-state index contributed by atoms with van der Waals surface area (Å²) in [6.45, 7) is 1.82. The molecule has 1 atom stereocenters. The Bertz CT molecular complexity index is 1060. The Morgan fingerprint density at radius 3 is 2.39 bits per heavy atom. The van der Waals surface area contributed by atoms with Gasteiger partial charge in [0.2, 0.25) is 0 Å². The number of carbonyl (C=O) groups excluding carboxylic acids is 1. The van der Waals surface area contributed by atoms with Gasteiger partial charge in [-0.15, -0.1) is 0 Å². The second-order valence-electron chi connectivity index (χ2n) is 6.75. The van der Waals surface area contributed by atoms with Crippen molar-refractivity contribution in [2.24, 2.45) is 5.10 Å². The van der Waals surface area contributed by atoms with E-state index in [0.29, 0.717) is 12.0 Å². The second kappa shape index (κ2) is 8.96. The SMILES string of the molecule is CCCOC(=O)NS(=O)(=O)c1ccc(N2N=C(C(F)(F)F)CC2c2ccccc2)cc1. The van der Waals surface area contributed by atoms with E-state index in [1.54, 1.807) is 42.0 Å². The standard InChI is InChI=1S/C20H20F3N3O4S/c1-2-12-30-19(27)25-31(28,29)16-10-8-15(9-11-16)26-17(14-6-4-3-5-7-14)13-18(24-26)20(21,22)23/h3-11,17H,2,12-13H2,1H3,(H,25,27). The first kappa shape index (κ1) is 22.6. The van der Waals surface area contributed by atoms with Crippen LogP contribution < -0.4 is 9.73 Å². The number of nitrogens with zero attached hydrogens (tertiary/aromatic N) is 2. The Morgan fingerprint density at radius 2 is 1.81 bits per heavy atom. The number of sulfonamides is 1. The van der Waals surface area contributed by atoms with E-state index in [2.05, 4.69) is 5.10 Å². The number of halogens is 3. The molecule has 1 aliphatic heterocycles. The number of hydrazone groups is 1. The lowest BCUT2D eigenvalue weighted by Gasteiger charge is -2.24. The maximum Gasteiger partial charge on any atom is 0.431 e. The summed E-state index contributed by atoms with van der Waals surface area (Å²) in [4.78, 5) is 11.3. The van der Waals surface area contributed by atoms with Gasteiger partial charge in [0.1, 0.15) is 5.71 Å². The van der Waals surface area contributed by atoms with Gasteiger partial charge in [0.25, 0.3) is 10.0 Å². The minimum absolute atomic E-state index is 0.0651. The van der Waals surface area contributed by atoms with Gasteiger partial charge >= 0.3 is 12.3 Å². The molecule has 0 spiro atoms. The minimum Gasteiger partial charge on any atom is -0.449 e. The summed E-state index contributed by atoms with van der Waals surface area (Å²) in [7, 11) is -4.19. The fourth-order valence-electron chi connectivity index (χ4n) is 3.03. The van der Waals surface area contributed by atoms with Crippen LogP contribution in [0.2, 0.25) is 0 Å². The Hall–Kier alpha value is -3.08. The number of nitrogens with one attached hydrogen (secondary N) is 1. The van der Waals surface area contributed by atoms with Crippen LogP contribution in [0.1, 0.15) is 31.4 Å². The molecule has 1 aliphatic rings. The molecule has 7 nitrogen and oxygen atoms in total. The first-order chi connectivity index (χ1) is 14.6. The van der Waals surface area contributed by atoms with Crippen molar-refractivity contribution in [3.63, 3.8) is 0 Å². The van der Waals surface area contributed by atoms with E-state index in [1.165, 1.54) is 29.3 Å². The molecule has 1 N–H and O–H groups in total. The van der Waals surface area contributed by atoms with Gasteiger partial charge in [0, 0.05) is 6.42 Å². The highest BCUT2D eigenvalue weighted by molar-refractivity contribution is 7.90. The van der Waals surface area contributed by atoms with Crippen LogP contribution in [0.25, 0.3) is 0 Å². The number of hydrogen-bond acceptors (Lipinski definition) is 6. The summed E-state index contributed by atoms with van der Waals surface area (Å²) in [6.07, 6.45) is -5.48. The van der Waals surface area contributed by atoms with Crippen molar-refractivity contribution >= 4 is 27.5 Å². The number of rotatable bonds is 6. The highest BCUT2D eigenvalue weighted by Crippen LogP contribution is 2.39. The van der Waals surface area contributed by atoms with Crippen molar-refractivity contribution in [3.8, 4) is 0 Å². The molecule has 0 saturated carbocycles. The van der Waals surface area contributed by atoms with E-state index in [4.69, 9.17) is 4.74 Å². The molecule has 2 aromatic carbocycles. The maximum atomic E-state index is 13.3. The molecule has 1 heterocycles. The van der Waals surface area contributed by atoms with Crippen LogP contribution in [0.3, 0.4) is 0 Å². The van der Waals surface area contributed by atoms with E-state index in [0.717, 1.165) is 0 Å². The van der Waals surface area contributed by atoms with Gasteiger partial charge in [-0.1, -0.05) is 37.3 Å². The lowest BCUT2D eigenvalue weighted by atomic mass is 10.0. The van der Waals surface area contributed by atoms with E-state index < -0.39 is 34.0 Å². The average Bonchev–Trinajstić information content (AvgIpc) is 3.19. The summed E-state index contributed by atoms with van der Waals surface area (Å²) >= 11 is 0. The predicted molar refractivity (Wildman–Crippen MR) is 108 cm³/mol. The third kappa shape index (κ3) is 5.35. The van der Waals surface area contributed by atoms with Gasteiger partial charge in [-0.25, -0.2) is 17.9 Å². The van der Waals surface area contributed by atoms with E-state index in [-0.39, 0.29) is 23.6 Å². The number of anilines is 1. The number of hydrogen-bond donors (Lipinski definition) is 1. The summed E-state index contributed by atoms with van der Waals surface area (Å²) in [5.41, 5.74) is 0.00142. The highest BCUT2D eigenvalue weighted by atomic mass is 32.2. The van der Waals surface area contributed by atoms with Crippen LogP contribution in [0, 0.1) is 0 Å². The molecule has 0 bridgehead atoms. The van der Waals surface area contributed by atoms with Gasteiger partial charge in [-0.3, -0.25) is 5.01 Å². The quantitative estimate of drug-likeness (QED) is 0.698. The number of alkyl halides is 3. The molecule has 1 amide bonds. The third-order valence-electron chi connectivity index (χ3n) is 4.49. The molecule has 11 heteroatoms. The molecule has 2 aromatic rings. The Labute approximate surface area is 177 Å². The first-order valence-corrected chi connectivity index (χ1v) is 10.9. The van der Waals surface area contributed by atoms with Crippen LogP contribution in [0.15, 0.2) is 64.6 Å². The molecule has 166 valence electrons. The average molecular weight is 455 g/mol. The largest absolute Gasteiger partial charge is 0.449 e. The fraction of sp³-hybridized carbons (Fsp3) is 0.300. The maximum absolute atomic E-state index is 13.3. The zero-order valence-corrected chi connectivity index (χ0v) is 17.3. The van der Waals surface area contributed by atoms with Crippen molar-refractivity contribution < 1.29 is 31.1 Å². The number of ether oxygens (including phenoxy) is 1. The highest BCUT2D eigenvalue weighted by Gasteiger charge is 2.43. The first-order valence-electron chi connectivity index (χ1n) is 9.40. The van der Waals surface area contributed by atoms with Crippen LogP contribution in [-0.4, -0.2) is 33.0 Å². The van der Waals surface area contributed by atoms with E-state index in [9.17, 15) is 26.4 Å². The Balaban J connectivity index is 1.86. The zero-order valence-electron chi connectivity index (χ0n) is 16.5. The molecule has 0 aliphatic carbocycles. The van der Waals surface area contributed by atoms with Crippen molar-refractivity contribution in [2.45, 2.75) is 36.9 Å². The Kier molecular flexibility index (Phi) is 6.54. The topological polar surface area (TPSA) is 88.1 Å². The number of amides is 1. The van der Waals surface area contributed by atoms with E-state index in [1.807, 2.05) is 0 Å². The van der Waals surface area contributed by atoms with Crippen molar-refractivity contribution in [2.75, 3.05) is 11.6 Å². The van der Waals surface area contributed by atoms with Crippen LogP contribution in [0.5, 0.6) is 0 Å². The molecule has 1 unspecified atom stereocenters. The van der Waals surface area contributed by atoms with Crippen molar-refractivity contribution in [1.29, 1.82) is 0 Å². The summed E-state index contributed by atoms with van der Waals surface area (Å²) in [5.74, 6) is 0. The van der Waals surface area contributed by atoms with Crippen molar-refractivity contribution in [1.82, 2.24) is 4.72 Å². The lowest BCUT2D eigenvalue weighted by Crippen LogP contribution is -2.31. The minimum atomic E-state index is -4.58. The van der Waals surface area contributed by atoms with Crippen LogP contribution in [0.4, 0.5) is 23.7 Å². The van der Waals surface area contributed by atoms with Gasteiger partial charge in [0.15, 0.2) is 0 Å². The number of carbonyl (C=O) groups is 1. The Morgan fingerprint density at radius 1 is 1.16 bits per heavy atom. The predicted octanol–water partition coefficient (Wildman–Crippen LogP) is 4.38. The fourth-order valence-corrected chi connectivity index (χ4v) is 3.92. The van der Waals surface area contributed by atoms with Crippen LogP contribution >= 0.6 is 0 Å². The molecule has 3 rings (SSSR count). The smallest absolute Gasteiger partial charge is 0.431 e. The molecule has 0 fully saturated rings. The summed E-state index contributed by atoms with van der Waals surface area (Å²) in [6, 6.07) is 13.0. The summed E-state index contributed by atoms with van der Waals surface area (Å²) in [5, 5.41) is 4.97. The van der Waals surface area contributed by atoms with Gasteiger partial charge in [0.05, 0.1) is 23.2 Å². The molecular weight excluding hydrogens is 435 g/mol. The van der Waals surface area contributed by atoms with Crippen LogP contribution in [-0.2, 0) is 14.8 Å². The van der Waals surface area contributed by atoms with Gasteiger partial charge in [-0.05, 0) is 36.2 Å². The monoisotopic (exact) mass is 455 g/mol. The van der Waals surface area contributed by atoms with E-state index >= 15 is 0 Å². The molecule has 31 heavy (non-hydrogen) atoms. The zero-order chi connectivity index (χ0) is 22.6. The molecular formula is C20H20F3N3O4S. The normalized spacial score (nSPS) is 16.7.